The van der Waals surface area contributed by atoms with Crippen LogP contribution >= 0.6 is 0 Å². The average molecular weight is 515 g/mol. The fourth-order valence-electron chi connectivity index (χ4n) is 5.83. The first-order valence-electron chi connectivity index (χ1n) is 12.0. The van der Waals surface area contributed by atoms with E-state index in [1.807, 2.05) is 6.92 Å². The van der Waals surface area contributed by atoms with Gasteiger partial charge in [0.15, 0.2) is 11.4 Å². The molecule has 0 fully saturated rings. The number of nitrogens with zero attached hydrogens (tertiary/aromatic N) is 1. The first-order chi connectivity index (χ1) is 17.4. The Morgan fingerprint density at radius 1 is 1.19 bits per heavy atom. The van der Waals surface area contributed by atoms with Crippen LogP contribution in [0.25, 0.3) is 0 Å². The van der Waals surface area contributed by atoms with Gasteiger partial charge < -0.3 is 30.9 Å². The molecule has 0 radical (unpaired) electrons. The normalized spacial score (nSPS) is 27.1. The van der Waals surface area contributed by atoms with Crippen molar-refractivity contribution in [3.8, 4) is 5.75 Å². The largest absolute Gasteiger partial charge is 0.510 e. The van der Waals surface area contributed by atoms with E-state index in [1.54, 1.807) is 14.1 Å². The molecule has 3 aliphatic rings. The van der Waals surface area contributed by atoms with Gasteiger partial charge in [0.2, 0.25) is 5.78 Å². The number of nitrogens with two attached hydrogens (primary N) is 1. The molecule has 6 N–H and O–H groups in total. The summed E-state index contributed by atoms with van der Waals surface area (Å²) in [6.07, 6.45) is 1.41. The smallest absolute Gasteiger partial charge is 0.338 e. The first-order valence-corrected chi connectivity index (χ1v) is 12.0. The number of allylic oxidation sites excluding steroid dienone is 1. The second kappa shape index (κ2) is 9.31. The topological polar surface area (TPSA) is 188 Å². The third-order valence-corrected chi connectivity index (χ3v) is 7.56. The maximum atomic E-state index is 13.6. The molecule has 3 aliphatic carbocycles. The number of ether oxygens (including phenoxy) is 1. The summed E-state index contributed by atoms with van der Waals surface area (Å²) in [7, 11) is 3.10. The summed E-state index contributed by atoms with van der Waals surface area (Å²) in [5, 5.41) is 44.2. The number of hydrogen-bond donors (Lipinski definition) is 5. The number of primary amides is 1. The van der Waals surface area contributed by atoms with Gasteiger partial charge in [-0.05, 0) is 57.0 Å². The van der Waals surface area contributed by atoms with E-state index < -0.39 is 69.8 Å². The predicted molar refractivity (Wildman–Crippen MR) is 129 cm³/mol. The highest BCUT2D eigenvalue weighted by Gasteiger charge is 2.63. The third kappa shape index (κ3) is 3.80. The molecule has 0 saturated carbocycles. The second-order valence-corrected chi connectivity index (χ2v) is 9.94. The molecule has 11 heteroatoms. The van der Waals surface area contributed by atoms with Gasteiger partial charge in [-0.3, -0.25) is 19.3 Å². The standard InChI is InChI=1S/C26H30N2O9/c1-4-5-8-37-25(35)12-6-7-15(29)17-13(12)9-11-10-14-19(28(2)3)21(31)18(24(27)34)23(33)26(14,36)22(32)16(11)20(17)30/h6-7,11,14,19,29,31-32,36H,4-5,8-10H2,1-3H3,(H2,27,34)/t11-,14-,19-,26?/m0/s1. The molecule has 4 rings (SSSR count). The molecule has 198 valence electrons. The lowest BCUT2D eigenvalue weighted by Crippen LogP contribution is -2.63. The summed E-state index contributed by atoms with van der Waals surface area (Å²) in [5.74, 6) is -8.06. The van der Waals surface area contributed by atoms with Crippen LogP contribution in [0.3, 0.4) is 0 Å². The molecule has 1 amide bonds. The molecule has 0 aliphatic heterocycles. The van der Waals surface area contributed by atoms with E-state index in [0.717, 1.165) is 6.42 Å². The number of fused-ring (bicyclic) bond motifs is 3. The number of hydrogen-bond acceptors (Lipinski definition) is 10. The number of aromatic hydroxyl groups is 1. The molecule has 4 atom stereocenters. The van der Waals surface area contributed by atoms with Crippen LogP contribution in [-0.2, 0) is 20.7 Å². The number of aliphatic hydroxyl groups is 3. The zero-order valence-corrected chi connectivity index (χ0v) is 20.8. The number of likely N-dealkylation sites (N-methyl/N-ethyl adjacent to an activating group) is 1. The van der Waals surface area contributed by atoms with Crippen LogP contribution in [0.15, 0.2) is 34.8 Å². The number of Topliss-reactive ketones (excluding diaryl/α,β-unsaturated/α-hetero) is 2. The second-order valence-electron chi connectivity index (χ2n) is 9.94. The van der Waals surface area contributed by atoms with E-state index in [-0.39, 0.29) is 41.7 Å². The molecular weight excluding hydrogens is 484 g/mol. The number of ketones is 2. The lowest BCUT2D eigenvalue weighted by molar-refractivity contribution is -0.148. The fourth-order valence-corrected chi connectivity index (χ4v) is 5.83. The molecular formula is C26H30N2O9. The van der Waals surface area contributed by atoms with Gasteiger partial charge in [-0.15, -0.1) is 0 Å². The number of benzene rings is 1. The Bertz CT molecular complexity index is 1280. The minimum atomic E-state index is -2.71. The maximum Gasteiger partial charge on any atom is 0.338 e. The van der Waals surface area contributed by atoms with E-state index in [2.05, 4.69) is 0 Å². The lowest BCUT2D eigenvalue weighted by Gasteiger charge is -2.50. The van der Waals surface area contributed by atoms with Gasteiger partial charge in [-0.1, -0.05) is 13.3 Å². The van der Waals surface area contributed by atoms with Gasteiger partial charge >= 0.3 is 5.97 Å². The number of phenols is 1. The van der Waals surface area contributed by atoms with Crippen LogP contribution in [0, 0.1) is 11.8 Å². The number of unbranched alkanes of at least 4 members (excludes halogenated alkanes) is 1. The minimum Gasteiger partial charge on any atom is -0.510 e. The van der Waals surface area contributed by atoms with E-state index >= 15 is 0 Å². The van der Waals surface area contributed by atoms with Gasteiger partial charge in [0.1, 0.15) is 22.8 Å². The first kappa shape index (κ1) is 26.4. The number of esters is 1. The van der Waals surface area contributed by atoms with Gasteiger partial charge in [-0.2, -0.15) is 0 Å². The SMILES string of the molecule is CCCCOC(=O)c1ccc(O)c2c1C[C@H]1C[C@H]3[C@H](N(C)C)C(O)=C(C(N)=O)C(=O)C3(O)C(O)=C1C2=O. The van der Waals surface area contributed by atoms with Crippen molar-refractivity contribution < 1.29 is 44.3 Å². The third-order valence-electron chi connectivity index (χ3n) is 7.56. The van der Waals surface area contributed by atoms with E-state index in [1.165, 1.54) is 17.0 Å². The van der Waals surface area contributed by atoms with Crippen LogP contribution in [0.1, 0.15) is 52.5 Å². The number of phenolic OH excluding ortho intramolecular Hbond substituents is 1. The Morgan fingerprint density at radius 2 is 1.86 bits per heavy atom. The molecule has 1 aromatic carbocycles. The maximum absolute atomic E-state index is 13.6. The monoisotopic (exact) mass is 514 g/mol. The lowest BCUT2D eigenvalue weighted by atomic mass is 9.58. The Labute approximate surface area is 212 Å². The zero-order valence-electron chi connectivity index (χ0n) is 20.8. The van der Waals surface area contributed by atoms with Gasteiger partial charge in [-0.25, -0.2) is 4.79 Å². The molecule has 0 bridgehead atoms. The van der Waals surface area contributed by atoms with Crippen molar-refractivity contribution in [2.24, 2.45) is 17.6 Å². The number of rotatable bonds is 6. The van der Waals surface area contributed by atoms with Gasteiger partial charge in [0, 0.05) is 11.5 Å². The molecule has 0 aromatic heterocycles. The van der Waals surface area contributed by atoms with Gasteiger partial charge in [0.25, 0.3) is 5.91 Å². The molecule has 0 heterocycles. The van der Waals surface area contributed by atoms with E-state index in [9.17, 15) is 39.6 Å². The van der Waals surface area contributed by atoms with Crippen LogP contribution < -0.4 is 5.73 Å². The Balaban J connectivity index is 1.88. The Kier molecular flexibility index (Phi) is 6.63. The highest BCUT2D eigenvalue weighted by atomic mass is 16.5. The summed E-state index contributed by atoms with van der Waals surface area (Å²) in [4.78, 5) is 53.2. The molecule has 1 unspecified atom stereocenters. The van der Waals surface area contributed by atoms with E-state index in [4.69, 9.17) is 10.5 Å². The van der Waals surface area contributed by atoms with Crippen molar-refractivity contribution in [3.63, 3.8) is 0 Å². The molecule has 11 nitrogen and oxygen atoms in total. The number of amides is 1. The Hall–Kier alpha value is -3.70. The summed E-state index contributed by atoms with van der Waals surface area (Å²) in [6, 6.07) is 1.45. The molecule has 1 aromatic rings. The van der Waals surface area contributed by atoms with Crippen molar-refractivity contribution in [2.45, 2.75) is 44.2 Å². The fraction of sp³-hybridized carbons (Fsp3) is 0.462. The number of aliphatic hydroxyl groups excluding tert-OH is 2. The number of carbonyl (C=O) groups is 4. The number of carbonyl (C=O) groups excluding carboxylic acids is 4. The van der Waals surface area contributed by atoms with Crippen LogP contribution in [0.5, 0.6) is 5.75 Å². The average Bonchev–Trinajstić information content (AvgIpc) is 2.81. The molecule has 37 heavy (non-hydrogen) atoms. The van der Waals surface area contributed by atoms with E-state index in [0.29, 0.717) is 6.42 Å². The van der Waals surface area contributed by atoms with Gasteiger partial charge in [0.05, 0.1) is 23.8 Å². The quantitative estimate of drug-likeness (QED) is 0.209. The summed E-state index contributed by atoms with van der Waals surface area (Å²) in [6.45, 7) is 2.12. The molecule has 0 saturated heterocycles. The van der Waals surface area contributed by atoms with Crippen LogP contribution in [0.4, 0.5) is 0 Å². The zero-order chi connectivity index (χ0) is 27.4. The van der Waals surface area contributed by atoms with Crippen molar-refractivity contribution in [3.05, 3.63) is 51.5 Å². The van der Waals surface area contributed by atoms with Crippen LogP contribution in [-0.4, -0.2) is 81.1 Å². The minimum absolute atomic E-state index is 0.0150. The summed E-state index contributed by atoms with van der Waals surface area (Å²) in [5.41, 5.74) is 1.56. The van der Waals surface area contributed by atoms with Crippen molar-refractivity contribution >= 4 is 23.4 Å². The molecule has 0 spiro atoms. The highest BCUT2D eigenvalue weighted by molar-refractivity contribution is 6.25. The summed E-state index contributed by atoms with van der Waals surface area (Å²) >= 11 is 0. The van der Waals surface area contributed by atoms with Crippen molar-refractivity contribution in [2.75, 3.05) is 20.7 Å². The Morgan fingerprint density at radius 3 is 2.46 bits per heavy atom. The summed E-state index contributed by atoms with van der Waals surface area (Å²) < 4.78 is 5.31. The van der Waals surface area contributed by atoms with Crippen molar-refractivity contribution in [1.29, 1.82) is 0 Å². The predicted octanol–water partition coefficient (Wildman–Crippen LogP) is 1.08. The highest BCUT2D eigenvalue weighted by Crippen LogP contribution is 2.52. The van der Waals surface area contributed by atoms with Crippen LogP contribution in [0.2, 0.25) is 0 Å². The van der Waals surface area contributed by atoms with Crippen molar-refractivity contribution in [1.82, 2.24) is 4.90 Å².